The Balaban J connectivity index is 1.38. The Bertz CT molecular complexity index is 727. The number of rotatable bonds is 7. The van der Waals surface area contributed by atoms with Gasteiger partial charge in [-0.25, -0.2) is 4.39 Å². The van der Waals surface area contributed by atoms with Crippen molar-refractivity contribution in [2.45, 2.75) is 24.2 Å². The number of carbonyl (C=O) groups is 1. The molecule has 2 N–H and O–H groups in total. The molecule has 0 aliphatic carbocycles. The molecule has 0 aromatic heterocycles. The first-order valence-electron chi connectivity index (χ1n) is 9.13. The number of hydrogen-bond donors (Lipinski definition) is 1. The third-order valence-electron chi connectivity index (χ3n) is 4.88. The Morgan fingerprint density at radius 2 is 1.81 bits per heavy atom. The first-order chi connectivity index (χ1) is 12.6. The van der Waals surface area contributed by atoms with E-state index in [4.69, 9.17) is 5.73 Å². The minimum atomic E-state index is -0.300. The number of nitrogens with two attached hydrogens (primary N) is 1. The molecule has 2 aromatic carbocycles. The molecule has 0 atom stereocenters. The van der Waals surface area contributed by atoms with E-state index in [1.165, 1.54) is 12.1 Å². The van der Waals surface area contributed by atoms with Crippen molar-refractivity contribution in [2.24, 2.45) is 5.92 Å². The normalized spacial score (nSPS) is 15.9. The molecule has 1 fully saturated rings. The smallest absolute Gasteiger partial charge is 0.166 e. The average molecular weight is 373 g/mol. The average Bonchev–Trinajstić information content (AvgIpc) is 2.67. The van der Waals surface area contributed by atoms with Crippen LogP contribution < -0.4 is 5.73 Å². The van der Waals surface area contributed by atoms with Crippen LogP contribution in [0.3, 0.4) is 0 Å². The van der Waals surface area contributed by atoms with Crippen LogP contribution in [0.5, 0.6) is 0 Å². The molecule has 0 radical (unpaired) electrons. The molecule has 0 amide bonds. The Kier molecular flexibility index (Phi) is 6.69. The van der Waals surface area contributed by atoms with Crippen molar-refractivity contribution in [1.82, 2.24) is 4.90 Å². The number of Topliss-reactive ketones (excluding diaryl/α,β-unsaturated/α-hetero) is 1. The van der Waals surface area contributed by atoms with Crippen molar-refractivity contribution in [1.29, 1.82) is 0 Å². The van der Waals surface area contributed by atoms with Gasteiger partial charge in [0.15, 0.2) is 5.78 Å². The highest BCUT2D eigenvalue weighted by atomic mass is 32.2. The summed E-state index contributed by atoms with van der Waals surface area (Å²) in [6.45, 7) is 2.96. The molecule has 26 heavy (non-hydrogen) atoms. The Hall–Kier alpha value is -1.85. The Morgan fingerprint density at radius 3 is 2.50 bits per heavy atom. The van der Waals surface area contributed by atoms with Crippen LogP contribution in [0.4, 0.5) is 10.1 Å². The summed E-state index contributed by atoms with van der Waals surface area (Å²) in [5.74, 6) is 0.962. The number of hydrogen-bond acceptors (Lipinski definition) is 4. The zero-order valence-electron chi connectivity index (χ0n) is 14.9. The number of piperidine rings is 1. The van der Waals surface area contributed by atoms with Crippen LogP contribution in [-0.4, -0.2) is 36.1 Å². The van der Waals surface area contributed by atoms with Crippen LogP contribution >= 0.6 is 11.8 Å². The summed E-state index contributed by atoms with van der Waals surface area (Å²) in [5.41, 5.74) is 7.43. The van der Waals surface area contributed by atoms with E-state index in [9.17, 15) is 9.18 Å². The van der Waals surface area contributed by atoms with Crippen LogP contribution in [0, 0.1) is 11.7 Å². The molecular formula is C21H25FN2OS. The Morgan fingerprint density at radius 1 is 1.12 bits per heavy atom. The molecule has 5 heteroatoms. The van der Waals surface area contributed by atoms with E-state index in [-0.39, 0.29) is 17.5 Å². The first-order valence-corrected chi connectivity index (χ1v) is 10.1. The van der Waals surface area contributed by atoms with E-state index in [0.29, 0.717) is 5.56 Å². The molecule has 2 aromatic rings. The van der Waals surface area contributed by atoms with Crippen molar-refractivity contribution >= 4 is 23.2 Å². The number of thioether (sulfide) groups is 1. The van der Waals surface area contributed by atoms with Crippen LogP contribution in [-0.2, 0) is 0 Å². The second-order valence-corrected chi connectivity index (χ2v) is 7.86. The number of benzene rings is 2. The molecule has 3 rings (SSSR count). The number of ketones is 1. The number of carbonyl (C=O) groups excluding carboxylic acids is 1. The number of para-hydroxylation sites is 1. The van der Waals surface area contributed by atoms with Gasteiger partial charge in [0.05, 0.1) is 0 Å². The maximum absolute atomic E-state index is 13.0. The number of nitrogens with zero attached hydrogens (tertiary/aromatic N) is 1. The van der Waals surface area contributed by atoms with Crippen LogP contribution in [0.25, 0.3) is 0 Å². The van der Waals surface area contributed by atoms with Gasteiger partial charge in [0, 0.05) is 22.1 Å². The second-order valence-electron chi connectivity index (χ2n) is 6.73. The summed E-state index contributed by atoms with van der Waals surface area (Å²) in [4.78, 5) is 16.1. The minimum absolute atomic E-state index is 0.0650. The van der Waals surface area contributed by atoms with E-state index in [1.54, 1.807) is 23.9 Å². The van der Waals surface area contributed by atoms with Crippen LogP contribution in [0.1, 0.15) is 29.6 Å². The van der Waals surface area contributed by atoms with Crippen molar-refractivity contribution in [3.05, 3.63) is 59.9 Å². The van der Waals surface area contributed by atoms with Gasteiger partial charge >= 0.3 is 0 Å². The molecular weight excluding hydrogens is 347 g/mol. The summed E-state index contributed by atoms with van der Waals surface area (Å²) in [6, 6.07) is 13.9. The second kappa shape index (κ2) is 9.19. The van der Waals surface area contributed by atoms with Gasteiger partial charge in [-0.2, -0.15) is 0 Å². The lowest BCUT2D eigenvalue weighted by molar-refractivity contribution is 0.0840. The van der Waals surface area contributed by atoms with Gasteiger partial charge in [0.25, 0.3) is 0 Å². The van der Waals surface area contributed by atoms with Gasteiger partial charge in [-0.3, -0.25) is 4.79 Å². The number of likely N-dealkylation sites (tertiary alicyclic amines) is 1. The molecule has 1 aliphatic rings. The monoisotopic (exact) mass is 372 g/mol. The van der Waals surface area contributed by atoms with Crippen molar-refractivity contribution in [3.63, 3.8) is 0 Å². The molecule has 1 aliphatic heterocycles. The Labute approximate surface area is 158 Å². The highest BCUT2D eigenvalue weighted by molar-refractivity contribution is 7.99. The predicted molar refractivity (Wildman–Crippen MR) is 106 cm³/mol. The fourth-order valence-corrected chi connectivity index (χ4v) is 4.25. The van der Waals surface area contributed by atoms with Crippen LogP contribution in [0.15, 0.2) is 53.4 Å². The van der Waals surface area contributed by atoms with Crippen molar-refractivity contribution in [3.8, 4) is 0 Å². The maximum Gasteiger partial charge on any atom is 0.166 e. The lowest BCUT2D eigenvalue weighted by Crippen LogP contribution is -2.37. The van der Waals surface area contributed by atoms with E-state index < -0.39 is 0 Å². The van der Waals surface area contributed by atoms with Crippen LogP contribution in [0.2, 0.25) is 0 Å². The van der Waals surface area contributed by atoms with E-state index in [1.807, 2.05) is 18.2 Å². The molecule has 3 nitrogen and oxygen atoms in total. The van der Waals surface area contributed by atoms with Gasteiger partial charge in [-0.05, 0) is 81.0 Å². The predicted octanol–water partition coefficient (Wildman–Crippen LogP) is 4.49. The summed E-state index contributed by atoms with van der Waals surface area (Å²) < 4.78 is 13.0. The third kappa shape index (κ3) is 5.08. The molecule has 0 spiro atoms. The zero-order valence-corrected chi connectivity index (χ0v) is 15.7. The van der Waals surface area contributed by atoms with Gasteiger partial charge in [0.2, 0.25) is 0 Å². The van der Waals surface area contributed by atoms with E-state index in [0.717, 1.165) is 55.2 Å². The highest BCUT2D eigenvalue weighted by Gasteiger charge is 2.25. The third-order valence-corrected chi connectivity index (χ3v) is 6.06. The zero-order chi connectivity index (χ0) is 18.4. The lowest BCUT2D eigenvalue weighted by Gasteiger charge is -2.31. The van der Waals surface area contributed by atoms with Gasteiger partial charge in [-0.1, -0.05) is 12.1 Å². The van der Waals surface area contributed by atoms with Gasteiger partial charge in [0.1, 0.15) is 5.82 Å². The summed E-state index contributed by atoms with van der Waals surface area (Å²) in [7, 11) is 0. The molecule has 1 heterocycles. The fraction of sp³-hybridized carbons (Fsp3) is 0.381. The van der Waals surface area contributed by atoms with Crippen molar-refractivity contribution < 1.29 is 9.18 Å². The molecule has 0 unspecified atom stereocenters. The number of anilines is 1. The SMILES string of the molecule is Nc1ccccc1SCCCN1CCC(C(=O)c2ccc(F)cc2)CC1. The molecule has 0 saturated carbocycles. The summed E-state index contributed by atoms with van der Waals surface area (Å²) >= 11 is 1.80. The summed E-state index contributed by atoms with van der Waals surface area (Å²) in [5, 5.41) is 0. The van der Waals surface area contributed by atoms with Crippen molar-refractivity contribution in [2.75, 3.05) is 31.1 Å². The summed E-state index contributed by atoms with van der Waals surface area (Å²) in [6.07, 6.45) is 2.87. The molecule has 1 saturated heterocycles. The fourth-order valence-electron chi connectivity index (χ4n) is 3.35. The maximum atomic E-state index is 13.0. The van der Waals surface area contributed by atoms with E-state index in [2.05, 4.69) is 11.0 Å². The highest BCUT2D eigenvalue weighted by Crippen LogP contribution is 2.26. The minimum Gasteiger partial charge on any atom is -0.398 e. The quantitative estimate of drug-likeness (QED) is 0.337. The number of halogens is 1. The largest absolute Gasteiger partial charge is 0.398 e. The topological polar surface area (TPSA) is 46.3 Å². The number of nitrogen functional groups attached to an aromatic ring is 1. The molecule has 138 valence electrons. The first kappa shape index (κ1) is 18.9. The van der Waals surface area contributed by atoms with E-state index >= 15 is 0 Å². The lowest BCUT2D eigenvalue weighted by atomic mass is 9.89. The van der Waals surface area contributed by atoms with Gasteiger partial charge in [-0.15, -0.1) is 11.8 Å². The van der Waals surface area contributed by atoms with Gasteiger partial charge < -0.3 is 10.6 Å². The standard InChI is InChI=1S/C21H25FN2OS/c22-18-8-6-16(7-9-18)21(25)17-10-13-24(14-11-17)12-3-15-26-20-5-2-1-4-19(20)23/h1-2,4-9,17H,3,10-15,23H2. The molecule has 0 bridgehead atoms.